The Morgan fingerprint density at radius 1 is 1.35 bits per heavy atom. The lowest BCUT2D eigenvalue weighted by Crippen LogP contribution is -1.85. The van der Waals surface area contributed by atoms with Crippen molar-refractivity contribution < 1.29 is 9.59 Å². The molecule has 6 heteroatoms. The molecule has 0 saturated carbocycles. The molecule has 0 saturated heterocycles. The van der Waals surface area contributed by atoms with Gasteiger partial charge >= 0.3 is 6.15 Å². The molecule has 0 spiro atoms. The number of nitrogens with zero attached hydrogens (tertiary/aromatic N) is 2. The van der Waals surface area contributed by atoms with Crippen LogP contribution in [0.25, 0.3) is 0 Å². The van der Waals surface area contributed by atoms with Crippen molar-refractivity contribution in [3.05, 3.63) is 41.6 Å². The predicted octanol–water partition coefficient (Wildman–Crippen LogP) is 1.82. The van der Waals surface area contributed by atoms with Crippen molar-refractivity contribution >= 4 is 17.9 Å². The van der Waals surface area contributed by atoms with E-state index in [0.29, 0.717) is 0 Å². The van der Waals surface area contributed by atoms with Crippen molar-refractivity contribution in [3.63, 3.8) is 0 Å². The summed E-state index contributed by atoms with van der Waals surface area (Å²) in [5.74, 6) is 0.944. The van der Waals surface area contributed by atoms with Crippen molar-refractivity contribution in [3.8, 4) is 0 Å². The van der Waals surface area contributed by atoms with Crippen molar-refractivity contribution in [1.29, 1.82) is 0 Å². The van der Waals surface area contributed by atoms with Gasteiger partial charge in [-0.25, -0.2) is 0 Å². The first kappa shape index (κ1) is 13.2. The molecule has 0 atom stereocenters. The molecule has 1 N–H and O–H groups in total. The summed E-state index contributed by atoms with van der Waals surface area (Å²) in [6.45, 7) is 2.12. The van der Waals surface area contributed by atoms with Crippen LogP contribution in [0.2, 0.25) is 0 Å². The summed E-state index contributed by atoms with van der Waals surface area (Å²) in [7, 11) is 0. The zero-order valence-electron chi connectivity index (χ0n) is 9.21. The lowest BCUT2D eigenvalue weighted by atomic mass is 10.1. The van der Waals surface area contributed by atoms with Crippen LogP contribution in [0.5, 0.6) is 0 Å². The van der Waals surface area contributed by atoms with E-state index in [-0.39, 0.29) is 6.15 Å². The first-order chi connectivity index (χ1) is 8.27. The second-order valence-corrected chi connectivity index (χ2v) is 4.10. The van der Waals surface area contributed by atoms with Gasteiger partial charge in [0.1, 0.15) is 5.03 Å². The van der Waals surface area contributed by atoms with Gasteiger partial charge < -0.3 is 0 Å². The third-order valence-electron chi connectivity index (χ3n) is 2.03. The summed E-state index contributed by atoms with van der Waals surface area (Å²) >= 11 is 1.69. The Kier molecular flexibility index (Phi) is 5.71. The van der Waals surface area contributed by atoms with Crippen LogP contribution < -0.4 is 0 Å². The molecule has 1 heterocycles. The van der Waals surface area contributed by atoms with E-state index in [0.717, 1.165) is 10.8 Å². The van der Waals surface area contributed by atoms with Crippen LogP contribution in [0.1, 0.15) is 11.1 Å². The molecule has 1 aromatic heterocycles. The number of rotatable bonds is 3. The number of carbonyl (C=O) groups excluding carboxylic acids is 2. The van der Waals surface area contributed by atoms with Gasteiger partial charge in [-0.3, -0.25) is 0 Å². The van der Waals surface area contributed by atoms with Gasteiger partial charge in [0.05, 0.1) is 6.20 Å². The second-order valence-electron chi connectivity index (χ2n) is 3.11. The van der Waals surface area contributed by atoms with Crippen LogP contribution in [-0.2, 0) is 15.3 Å². The molecule has 0 unspecified atom stereocenters. The fourth-order valence-electron chi connectivity index (χ4n) is 1.18. The largest absolute Gasteiger partial charge is 0.373 e. The summed E-state index contributed by atoms with van der Waals surface area (Å²) < 4.78 is 0. The van der Waals surface area contributed by atoms with Gasteiger partial charge in [0.25, 0.3) is 0 Å². The molecule has 1 aromatic carbocycles. The Balaban J connectivity index is 0.000000437. The first-order valence-electron chi connectivity index (χ1n) is 4.80. The predicted molar refractivity (Wildman–Crippen MR) is 62.1 cm³/mol. The minimum Gasteiger partial charge on any atom is -0.197 e. The Labute approximate surface area is 103 Å². The summed E-state index contributed by atoms with van der Waals surface area (Å²) in [6.07, 6.45) is 1.99. The van der Waals surface area contributed by atoms with E-state index in [1.54, 1.807) is 18.0 Å². The van der Waals surface area contributed by atoms with Crippen molar-refractivity contribution in [1.82, 2.24) is 15.4 Å². The van der Waals surface area contributed by atoms with E-state index in [9.17, 15) is 0 Å². The molecule has 0 fully saturated rings. The highest BCUT2D eigenvalue weighted by Crippen LogP contribution is 2.21. The highest BCUT2D eigenvalue weighted by atomic mass is 32.2. The highest BCUT2D eigenvalue weighted by molar-refractivity contribution is 7.98. The Bertz CT molecular complexity index is 479. The van der Waals surface area contributed by atoms with Gasteiger partial charge in [0.2, 0.25) is 0 Å². The number of hydrogen-bond acceptors (Lipinski definition) is 5. The maximum atomic E-state index is 8.12. The van der Waals surface area contributed by atoms with Crippen molar-refractivity contribution in [2.24, 2.45) is 0 Å². The van der Waals surface area contributed by atoms with Crippen LogP contribution in [0.4, 0.5) is 0 Å². The van der Waals surface area contributed by atoms with E-state index < -0.39 is 0 Å². The fraction of sp³-hybridized carbons (Fsp3) is 0.182. The van der Waals surface area contributed by atoms with Crippen LogP contribution >= 0.6 is 11.8 Å². The Morgan fingerprint density at radius 3 is 2.65 bits per heavy atom. The molecule has 2 rings (SSSR count). The summed E-state index contributed by atoms with van der Waals surface area (Å²) in [6, 6.07) is 8.38. The molecule has 0 aliphatic heterocycles. The summed E-state index contributed by atoms with van der Waals surface area (Å²) in [5.41, 5.74) is 2.67. The number of H-pyrrole nitrogens is 1. The molecular weight excluding hydrogens is 238 g/mol. The molecule has 88 valence electrons. The average molecular weight is 249 g/mol. The summed E-state index contributed by atoms with van der Waals surface area (Å²) in [5, 5.41) is 11.3. The third kappa shape index (κ3) is 4.63. The quantitative estimate of drug-likeness (QED) is 0.840. The van der Waals surface area contributed by atoms with E-state index >= 15 is 0 Å². The highest BCUT2D eigenvalue weighted by Gasteiger charge is 2.00. The van der Waals surface area contributed by atoms with Gasteiger partial charge in [-0.1, -0.05) is 36.0 Å². The number of aromatic nitrogens is 3. The first-order valence-corrected chi connectivity index (χ1v) is 5.79. The molecule has 0 bridgehead atoms. The SMILES string of the molecule is Cc1ccccc1CSc1cn[nH]n1.O=C=O. The molecule has 17 heavy (non-hydrogen) atoms. The lowest BCUT2D eigenvalue weighted by molar-refractivity contribution is -0.191. The molecule has 0 aliphatic rings. The standard InChI is InChI=1S/C10H11N3S.CO2/c1-8-4-2-3-5-9(8)7-14-10-6-11-13-12-10;2-1-3/h2-6H,7H2,1H3,(H,11,12,13);. The number of benzene rings is 1. The van der Waals surface area contributed by atoms with Gasteiger partial charge in [0, 0.05) is 5.75 Å². The molecule has 0 amide bonds. The van der Waals surface area contributed by atoms with Crippen molar-refractivity contribution in [2.75, 3.05) is 0 Å². The van der Waals surface area contributed by atoms with E-state index in [1.165, 1.54) is 11.1 Å². The average Bonchev–Trinajstić information content (AvgIpc) is 2.82. The molecule has 2 aromatic rings. The number of hydrogen-bond donors (Lipinski definition) is 1. The second kappa shape index (κ2) is 7.38. The Hall–Kier alpha value is -1.91. The number of nitrogens with one attached hydrogen (secondary N) is 1. The fourth-order valence-corrected chi connectivity index (χ4v) is 2.04. The number of thioether (sulfide) groups is 1. The van der Waals surface area contributed by atoms with Crippen LogP contribution in [0.15, 0.2) is 35.5 Å². The maximum Gasteiger partial charge on any atom is 0.373 e. The van der Waals surface area contributed by atoms with Crippen molar-refractivity contribution in [2.45, 2.75) is 17.7 Å². The summed E-state index contributed by atoms with van der Waals surface area (Å²) in [4.78, 5) is 16.2. The number of aryl methyl sites for hydroxylation is 1. The number of aromatic amines is 1. The van der Waals surface area contributed by atoms with Crippen LogP contribution in [0, 0.1) is 6.92 Å². The monoisotopic (exact) mass is 249 g/mol. The molecule has 0 aliphatic carbocycles. The molecule has 0 radical (unpaired) electrons. The smallest absolute Gasteiger partial charge is 0.197 e. The van der Waals surface area contributed by atoms with Crippen LogP contribution in [-0.4, -0.2) is 21.6 Å². The maximum absolute atomic E-state index is 8.12. The molecular formula is C11H11N3O2S. The zero-order chi connectivity index (χ0) is 12.5. The normalized spacial score (nSPS) is 9.00. The van der Waals surface area contributed by atoms with Crippen LogP contribution in [0.3, 0.4) is 0 Å². The third-order valence-corrected chi connectivity index (χ3v) is 2.98. The van der Waals surface area contributed by atoms with Gasteiger partial charge in [-0.2, -0.15) is 19.9 Å². The minimum absolute atomic E-state index is 0.250. The zero-order valence-corrected chi connectivity index (χ0v) is 10.0. The van der Waals surface area contributed by atoms with E-state index in [2.05, 4.69) is 46.6 Å². The van der Waals surface area contributed by atoms with E-state index in [4.69, 9.17) is 9.59 Å². The van der Waals surface area contributed by atoms with E-state index in [1.807, 2.05) is 0 Å². The topological polar surface area (TPSA) is 75.7 Å². The molecule has 5 nitrogen and oxygen atoms in total. The lowest BCUT2D eigenvalue weighted by Gasteiger charge is -2.02. The van der Waals surface area contributed by atoms with Gasteiger partial charge in [-0.15, -0.1) is 5.10 Å². The Morgan fingerprint density at radius 2 is 2.06 bits per heavy atom. The minimum atomic E-state index is 0.250. The van der Waals surface area contributed by atoms with Gasteiger partial charge in [0.15, 0.2) is 0 Å². The van der Waals surface area contributed by atoms with Gasteiger partial charge in [-0.05, 0) is 18.1 Å².